The molecule has 0 amide bonds. The van der Waals surface area contributed by atoms with E-state index in [0.29, 0.717) is 17.4 Å². The van der Waals surface area contributed by atoms with Crippen LogP contribution in [0.15, 0.2) is 24.3 Å². The Morgan fingerprint density at radius 2 is 1.95 bits per heavy atom. The van der Waals surface area contributed by atoms with Gasteiger partial charge in [0.2, 0.25) is 0 Å². The highest BCUT2D eigenvalue weighted by molar-refractivity contribution is 7.91. The zero-order chi connectivity index (χ0) is 13.5. The van der Waals surface area contributed by atoms with E-state index >= 15 is 0 Å². The van der Waals surface area contributed by atoms with Crippen molar-refractivity contribution < 1.29 is 8.42 Å². The molecular formula is C15H21NO2S. The average Bonchev–Trinajstić information content (AvgIpc) is 2.65. The molecule has 0 saturated carbocycles. The zero-order valence-corrected chi connectivity index (χ0v) is 11.9. The zero-order valence-electron chi connectivity index (χ0n) is 11.1. The lowest BCUT2D eigenvalue weighted by Crippen LogP contribution is -2.28. The Bertz CT molecular complexity index is 567. The molecule has 2 N–H and O–H groups in total. The maximum Gasteiger partial charge on any atom is 0.150 e. The Balaban J connectivity index is 1.88. The van der Waals surface area contributed by atoms with Gasteiger partial charge in [-0.25, -0.2) is 8.42 Å². The Hall–Kier alpha value is -0.870. The summed E-state index contributed by atoms with van der Waals surface area (Å²) in [6.45, 7) is 0. The highest BCUT2D eigenvalue weighted by Crippen LogP contribution is 2.39. The molecule has 4 heteroatoms. The minimum atomic E-state index is -2.81. The fourth-order valence-electron chi connectivity index (χ4n) is 3.72. The molecule has 0 aromatic heterocycles. The Labute approximate surface area is 115 Å². The third-order valence-corrected chi connectivity index (χ3v) is 6.53. The third kappa shape index (κ3) is 2.56. The first kappa shape index (κ1) is 13.1. The van der Waals surface area contributed by atoms with E-state index in [1.54, 1.807) is 0 Å². The fraction of sp³-hybridized carbons (Fsp3) is 0.600. The number of rotatable bonds is 1. The minimum absolute atomic E-state index is 0.00278. The number of hydrogen-bond acceptors (Lipinski definition) is 3. The molecule has 104 valence electrons. The largest absolute Gasteiger partial charge is 0.324 e. The summed E-state index contributed by atoms with van der Waals surface area (Å²) in [5.74, 6) is 1.27. The molecule has 3 atom stereocenters. The van der Waals surface area contributed by atoms with Gasteiger partial charge in [0.1, 0.15) is 0 Å². The van der Waals surface area contributed by atoms with Crippen LogP contribution in [-0.2, 0) is 16.3 Å². The molecule has 1 aromatic carbocycles. The number of benzene rings is 1. The lowest BCUT2D eigenvalue weighted by atomic mass is 9.81. The first-order valence-electron chi connectivity index (χ1n) is 7.11. The van der Waals surface area contributed by atoms with Crippen molar-refractivity contribution in [2.75, 3.05) is 11.5 Å². The normalized spacial score (nSPS) is 33.6. The van der Waals surface area contributed by atoms with Crippen molar-refractivity contribution in [3.8, 4) is 0 Å². The molecule has 0 spiro atoms. The molecule has 19 heavy (non-hydrogen) atoms. The summed E-state index contributed by atoms with van der Waals surface area (Å²) in [4.78, 5) is 0. The van der Waals surface area contributed by atoms with Gasteiger partial charge in [-0.3, -0.25) is 0 Å². The van der Waals surface area contributed by atoms with E-state index in [4.69, 9.17) is 5.73 Å². The van der Waals surface area contributed by atoms with Gasteiger partial charge >= 0.3 is 0 Å². The summed E-state index contributed by atoms with van der Waals surface area (Å²) >= 11 is 0. The lowest BCUT2D eigenvalue weighted by Gasteiger charge is -2.27. The molecule has 1 heterocycles. The van der Waals surface area contributed by atoms with Crippen molar-refractivity contribution in [2.24, 2.45) is 17.6 Å². The van der Waals surface area contributed by atoms with Gasteiger partial charge in [0.05, 0.1) is 11.5 Å². The molecule has 1 aliphatic carbocycles. The predicted octanol–water partition coefficient (Wildman–Crippen LogP) is 2.07. The van der Waals surface area contributed by atoms with Crippen LogP contribution in [0.5, 0.6) is 0 Å². The first-order chi connectivity index (χ1) is 9.07. The van der Waals surface area contributed by atoms with Crippen LogP contribution in [-0.4, -0.2) is 19.9 Å². The van der Waals surface area contributed by atoms with E-state index in [9.17, 15) is 8.42 Å². The van der Waals surface area contributed by atoms with Crippen molar-refractivity contribution in [3.63, 3.8) is 0 Å². The number of fused-ring (bicyclic) bond motifs is 1. The van der Waals surface area contributed by atoms with Crippen molar-refractivity contribution in [2.45, 2.75) is 31.7 Å². The molecule has 1 fully saturated rings. The van der Waals surface area contributed by atoms with E-state index in [1.807, 2.05) is 6.07 Å². The highest BCUT2D eigenvalue weighted by Gasteiger charge is 2.37. The monoisotopic (exact) mass is 279 g/mol. The highest BCUT2D eigenvalue weighted by atomic mass is 32.2. The second-order valence-electron chi connectivity index (χ2n) is 5.94. The molecule has 1 aromatic rings. The van der Waals surface area contributed by atoms with Crippen LogP contribution in [0.2, 0.25) is 0 Å². The molecule has 3 nitrogen and oxygen atoms in total. The maximum atomic E-state index is 11.7. The van der Waals surface area contributed by atoms with Crippen LogP contribution in [0.4, 0.5) is 0 Å². The average molecular weight is 279 g/mol. The fourth-order valence-corrected chi connectivity index (χ4v) is 5.61. The second kappa shape index (κ2) is 4.91. The summed E-state index contributed by atoms with van der Waals surface area (Å²) in [6, 6.07) is 8.36. The quantitative estimate of drug-likeness (QED) is 0.801. The van der Waals surface area contributed by atoms with Crippen LogP contribution >= 0.6 is 0 Å². The summed E-state index contributed by atoms with van der Waals surface area (Å²) in [5, 5.41) is 0. The van der Waals surface area contributed by atoms with E-state index in [-0.39, 0.29) is 12.0 Å². The number of aryl methyl sites for hydroxylation is 1. The Morgan fingerprint density at radius 3 is 2.68 bits per heavy atom. The second-order valence-corrected chi connectivity index (χ2v) is 8.17. The van der Waals surface area contributed by atoms with Crippen molar-refractivity contribution in [1.29, 1.82) is 0 Å². The standard InChI is InChI=1S/C15H21NO2S/c16-15-13-6-2-1-4-11(13)5-3-7-14(15)12-8-9-19(17,18)10-12/h1-2,4,6,12,14-15H,3,5,7-10,16H2. The topological polar surface area (TPSA) is 60.2 Å². The maximum absolute atomic E-state index is 11.7. The summed E-state index contributed by atoms with van der Waals surface area (Å²) in [7, 11) is -2.81. The van der Waals surface area contributed by atoms with Gasteiger partial charge in [-0.1, -0.05) is 24.3 Å². The SMILES string of the molecule is NC1c2ccccc2CCCC1C1CCS(=O)(=O)C1. The minimum Gasteiger partial charge on any atom is -0.324 e. The van der Waals surface area contributed by atoms with Gasteiger partial charge in [0, 0.05) is 6.04 Å². The van der Waals surface area contributed by atoms with Crippen LogP contribution in [0.1, 0.15) is 36.4 Å². The summed E-state index contributed by atoms with van der Waals surface area (Å²) < 4.78 is 23.4. The van der Waals surface area contributed by atoms with Gasteiger partial charge in [0.15, 0.2) is 9.84 Å². The molecule has 1 saturated heterocycles. The van der Waals surface area contributed by atoms with Gasteiger partial charge in [-0.15, -0.1) is 0 Å². The third-order valence-electron chi connectivity index (χ3n) is 4.73. The molecule has 0 radical (unpaired) electrons. The van der Waals surface area contributed by atoms with E-state index in [0.717, 1.165) is 25.7 Å². The van der Waals surface area contributed by atoms with Crippen LogP contribution in [0, 0.1) is 11.8 Å². The lowest BCUT2D eigenvalue weighted by molar-refractivity contribution is 0.289. The first-order valence-corrected chi connectivity index (χ1v) is 8.93. The number of hydrogen-bond donors (Lipinski definition) is 1. The van der Waals surface area contributed by atoms with Gasteiger partial charge in [0.25, 0.3) is 0 Å². The van der Waals surface area contributed by atoms with E-state index in [2.05, 4.69) is 18.2 Å². The number of nitrogens with two attached hydrogens (primary N) is 1. The molecular weight excluding hydrogens is 258 g/mol. The van der Waals surface area contributed by atoms with Crippen LogP contribution < -0.4 is 5.73 Å². The van der Waals surface area contributed by atoms with Gasteiger partial charge in [-0.05, 0) is 48.6 Å². The smallest absolute Gasteiger partial charge is 0.150 e. The molecule has 3 rings (SSSR count). The van der Waals surface area contributed by atoms with Crippen molar-refractivity contribution in [1.82, 2.24) is 0 Å². The van der Waals surface area contributed by atoms with Crippen molar-refractivity contribution >= 4 is 9.84 Å². The summed E-state index contributed by atoms with van der Waals surface area (Å²) in [6.07, 6.45) is 4.03. The van der Waals surface area contributed by atoms with E-state index in [1.165, 1.54) is 11.1 Å². The van der Waals surface area contributed by atoms with Crippen molar-refractivity contribution in [3.05, 3.63) is 35.4 Å². The molecule has 3 unspecified atom stereocenters. The van der Waals surface area contributed by atoms with Crippen LogP contribution in [0.3, 0.4) is 0 Å². The molecule has 2 aliphatic rings. The summed E-state index contributed by atoms with van der Waals surface area (Å²) in [5.41, 5.74) is 9.04. The van der Waals surface area contributed by atoms with Gasteiger partial charge < -0.3 is 5.73 Å². The van der Waals surface area contributed by atoms with Crippen LogP contribution in [0.25, 0.3) is 0 Å². The van der Waals surface area contributed by atoms with E-state index < -0.39 is 9.84 Å². The molecule has 1 aliphatic heterocycles. The Morgan fingerprint density at radius 1 is 1.16 bits per heavy atom. The Kier molecular flexibility index (Phi) is 3.39. The molecule has 0 bridgehead atoms. The predicted molar refractivity (Wildman–Crippen MR) is 76.6 cm³/mol. The number of sulfone groups is 1. The van der Waals surface area contributed by atoms with Gasteiger partial charge in [-0.2, -0.15) is 0 Å².